The van der Waals surface area contributed by atoms with Crippen molar-refractivity contribution in [2.75, 3.05) is 12.4 Å². The Bertz CT molecular complexity index is 788. The number of nitriles is 1. The van der Waals surface area contributed by atoms with Crippen LogP contribution in [0.5, 0.6) is 5.75 Å². The van der Waals surface area contributed by atoms with Gasteiger partial charge in [0, 0.05) is 16.8 Å². The molecule has 0 saturated heterocycles. The van der Waals surface area contributed by atoms with Gasteiger partial charge in [-0.2, -0.15) is 5.26 Å². The van der Waals surface area contributed by atoms with E-state index >= 15 is 0 Å². The molecule has 2 aromatic rings. The number of rotatable bonds is 2. The lowest BCUT2D eigenvalue weighted by molar-refractivity contribution is 0.415. The van der Waals surface area contributed by atoms with E-state index in [0.717, 1.165) is 22.6 Å². The van der Waals surface area contributed by atoms with Gasteiger partial charge in [0.15, 0.2) is 0 Å². The molecule has 0 radical (unpaired) electrons. The molecule has 0 fully saturated rings. The van der Waals surface area contributed by atoms with E-state index in [4.69, 9.17) is 22.2 Å². The molecule has 0 aromatic heterocycles. The van der Waals surface area contributed by atoms with Crippen molar-refractivity contribution in [3.63, 3.8) is 0 Å². The zero-order valence-corrected chi connectivity index (χ0v) is 12.1. The normalized spacial score (nSPS) is 12.4. The summed E-state index contributed by atoms with van der Waals surface area (Å²) < 4.78 is 5.13. The molecular weight excluding hydrogens is 282 g/mol. The van der Waals surface area contributed by atoms with Crippen LogP contribution in [-0.4, -0.2) is 17.9 Å². The summed E-state index contributed by atoms with van der Waals surface area (Å²) in [6.07, 6.45) is 0. The van der Waals surface area contributed by atoms with Crippen LogP contribution in [-0.2, 0) is 0 Å². The van der Waals surface area contributed by atoms with Crippen molar-refractivity contribution in [2.24, 2.45) is 4.99 Å². The number of hydrogen-bond acceptors (Lipinski definition) is 4. The highest BCUT2D eigenvalue weighted by molar-refractivity contribution is 7.80. The molecule has 3 rings (SSSR count). The minimum absolute atomic E-state index is 0.443. The fourth-order valence-electron chi connectivity index (χ4n) is 2.20. The summed E-state index contributed by atoms with van der Waals surface area (Å²) in [5, 5.41) is 12.4. The lowest BCUT2D eigenvalue weighted by Crippen LogP contribution is -2.11. The number of nitrogens with one attached hydrogen (secondary N) is 1. The van der Waals surface area contributed by atoms with E-state index in [9.17, 15) is 0 Å². The Balaban J connectivity index is 1.94. The topological polar surface area (TPSA) is 57.4 Å². The van der Waals surface area contributed by atoms with Crippen LogP contribution in [0.1, 0.15) is 16.7 Å². The molecule has 1 aliphatic heterocycles. The Kier molecular flexibility index (Phi) is 3.38. The molecule has 0 aliphatic carbocycles. The standard InChI is InChI=1S/C16H11N3OS/c1-20-12-7-5-11(6-8-12)18-15-13-4-2-3-10(9-17)14(13)16(21)19-15/h2-8H,1H3,(H,18,19,21). The molecule has 2 aromatic carbocycles. The van der Waals surface area contributed by atoms with Crippen molar-refractivity contribution in [3.8, 4) is 11.8 Å². The first-order valence-corrected chi connectivity index (χ1v) is 6.71. The number of nitrogens with zero attached hydrogens (tertiary/aromatic N) is 2. The van der Waals surface area contributed by atoms with E-state index in [2.05, 4.69) is 16.4 Å². The minimum Gasteiger partial charge on any atom is -0.497 e. The predicted molar refractivity (Wildman–Crippen MR) is 86.0 cm³/mol. The Morgan fingerprint density at radius 2 is 1.95 bits per heavy atom. The molecule has 0 atom stereocenters. The molecule has 0 bridgehead atoms. The van der Waals surface area contributed by atoms with E-state index in [-0.39, 0.29) is 0 Å². The maximum atomic E-state index is 9.16. The number of aliphatic imine (C=N–C) groups is 1. The number of methoxy groups -OCH3 is 1. The smallest absolute Gasteiger partial charge is 0.140 e. The molecule has 1 heterocycles. The molecule has 4 nitrogen and oxygen atoms in total. The van der Waals surface area contributed by atoms with Crippen LogP contribution in [0.2, 0.25) is 0 Å². The summed E-state index contributed by atoms with van der Waals surface area (Å²) in [6.45, 7) is 0. The number of amidine groups is 1. The van der Waals surface area contributed by atoms with Gasteiger partial charge in [-0.25, -0.2) is 4.99 Å². The van der Waals surface area contributed by atoms with Gasteiger partial charge in [0.1, 0.15) is 16.6 Å². The van der Waals surface area contributed by atoms with Gasteiger partial charge in [0.2, 0.25) is 0 Å². The van der Waals surface area contributed by atoms with E-state index in [0.29, 0.717) is 16.4 Å². The number of ether oxygens (including phenoxy) is 1. The van der Waals surface area contributed by atoms with Gasteiger partial charge in [-0.05, 0) is 30.3 Å². The van der Waals surface area contributed by atoms with Gasteiger partial charge in [-0.1, -0.05) is 24.4 Å². The van der Waals surface area contributed by atoms with Gasteiger partial charge in [0.25, 0.3) is 0 Å². The zero-order chi connectivity index (χ0) is 14.8. The van der Waals surface area contributed by atoms with Crippen LogP contribution in [0.4, 0.5) is 5.69 Å². The average Bonchev–Trinajstić information content (AvgIpc) is 2.84. The number of benzene rings is 2. The number of thiocarbonyl (C=S) groups is 1. The maximum Gasteiger partial charge on any atom is 0.140 e. The number of hydrogen-bond donors (Lipinski definition) is 1. The van der Waals surface area contributed by atoms with Crippen molar-refractivity contribution in [2.45, 2.75) is 0 Å². The second kappa shape index (κ2) is 5.35. The Labute approximate surface area is 127 Å². The van der Waals surface area contributed by atoms with Crippen molar-refractivity contribution in [3.05, 3.63) is 59.2 Å². The first-order valence-electron chi connectivity index (χ1n) is 6.30. The minimum atomic E-state index is 0.443. The van der Waals surface area contributed by atoms with Crippen LogP contribution in [0.3, 0.4) is 0 Å². The van der Waals surface area contributed by atoms with Crippen molar-refractivity contribution in [1.29, 1.82) is 5.26 Å². The maximum absolute atomic E-state index is 9.16. The zero-order valence-electron chi connectivity index (χ0n) is 11.3. The monoisotopic (exact) mass is 293 g/mol. The Morgan fingerprint density at radius 3 is 2.62 bits per heavy atom. The molecule has 1 N–H and O–H groups in total. The van der Waals surface area contributed by atoms with Gasteiger partial charge in [-0.15, -0.1) is 0 Å². The highest BCUT2D eigenvalue weighted by Crippen LogP contribution is 2.25. The molecule has 0 saturated carbocycles. The summed E-state index contributed by atoms with van der Waals surface area (Å²) in [4.78, 5) is 4.80. The summed E-state index contributed by atoms with van der Waals surface area (Å²) in [5.41, 5.74) is 3.02. The van der Waals surface area contributed by atoms with E-state index in [1.54, 1.807) is 13.2 Å². The van der Waals surface area contributed by atoms with Crippen LogP contribution in [0, 0.1) is 11.3 Å². The second-order valence-corrected chi connectivity index (χ2v) is 4.85. The molecular formula is C16H11N3OS. The largest absolute Gasteiger partial charge is 0.497 e. The van der Waals surface area contributed by atoms with Gasteiger partial charge in [-0.3, -0.25) is 0 Å². The Hall–Kier alpha value is -2.71. The van der Waals surface area contributed by atoms with Gasteiger partial charge >= 0.3 is 0 Å². The quantitative estimate of drug-likeness (QED) is 0.864. The lowest BCUT2D eigenvalue weighted by Gasteiger charge is -2.08. The van der Waals surface area contributed by atoms with Crippen molar-refractivity contribution in [1.82, 2.24) is 0 Å². The van der Waals surface area contributed by atoms with E-state index in [1.807, 2.05) is 36.4 Å². The first-order chi connectivity index (χ1) is 10.2. The van der Waals surface area contributed by atoms with Crippen LogP contribution < -0.4 is 10.1 Å². The summed E-state index contributed by atoms with van der Waals surface area (Å²) in [6, 6.07) is 15.2. The predicted octanol–water partition coefficient (Wildman–Crippen LogP) is 3.11. The van der Waals surface area contributed by atoms with Crippen molar-refractivity contribution < 1.29 is 4.74 Å². The van der Waals surface area contributed by atoms with Gasteiger partial charge in [0.05, 0.1) is 18.7 Å². The third kappa shape index (κ3) is 2.37. The number of fused-ring (bicyclic) bond motifs is 1. The number of anilines is 1. The molecule has 0 amide bonds. The lowest BCUT2D eigenvalue weighted by atomic mass is 10.0. The molecule has 0 unspecified atom stereocenters. The average molecular weight is 293 g/mol. The third-order valence-corrected chi connectivity index (χ3v) is 3.52. The Morgan fingerprint density at radius 1 is 1.19 bits per heavy atom. The molecule has 21 heavy (non-hydrogen) atoms. The summed E-state index contributed by atoms with van der Waals surface area (Å²) >= 11 is 5.26. The fourth-order valence-corrected chi connectivity index (χ4v) is 2.51. The van der Waals surface area contributed by atoms with E-state index < -0.39 is 0 Å². The SMILES string of the molecule is COc1ccc(NC2=NC(=S)c3c(C#N)cccc32)cc1. The summed E-state index contributed by atoms with van der Waals surface area (Å²) in [5.74, 6) is 1.45. The van der Waals surface area contributed by atoms with Crippen molar-refractivity contribution >= 4 is 28.7 Å². The van der Waals surface area contributed by atoms with Crippen LogP contribution in [0.25, 0.3) is 0 Å². The highest BCUT2D eigenvalue weighted by Gasteiger charge is 2.23. The van der Waals surface area contributed by atoms with Crippen LogP contribution in [0.15, 0.2) is 47.5 Å². The van der Waals surface area contributed by atoms with Gasteiger partial charge < -0.3 is 10.1 Å². The van der Waals surface area contributed by atoms with Crippen LogP contribution >= 0.6 is 12.2 Å². The molecule has 5 heteroatoms. The molecule has 1 aliphatic rings. The fraction of sp³-hybridized carbons (Fsp3) is 0.0625. The third-order valence-electron chi connectivity index (χ3n) is 3.22. The second-order valence-electron chi connectivity index (χ2n) is 4.46. The summed E-state index contributed by atoms with van der Waals surface area (Å²) in [7, 11) is 1.63. The molecule has 102 valence electrons. The first kappa shape index (κ1) is 13.3. The molecule has 0 spiro atoms. The highest BCUT2D eigenvalue weighted by atomic mass is 32.1. The van der Waals surface area contributed by atoms with E-state index in [1.165, 1.54) is 0 Å².